The number of carbonyl (C=O) groups excluding carboxylic acids is 1. The zero-order valence-corrected chi connectivity index (χ0v) is 13.5. The second kappa shape index (κ2) is 8.24. The smallest absolute Gasteiger partial charge is 0.333 e. The van der Waals surface area contributed by atoms with Crippen molar-refractivity contribution in [2.24, 2.45) is 0 Å². The Hall–Kier alpha value is -2.69. The van der Waals surface area contributed by atoms with Crippen LogP contribution in [0.5, 0.6) is 5.75 Å². The third kappa shape index (κ3) is 4.41. The van der Waals surface area contributed by atoms with Gasteiger partial charge in [-0.15, -0.1) is 0 Å². The lowest BCUT2D eigenvalue weighted by molar-refractivity contribution is -0.138. The summed E-state index contributed by atoms with van der Waals surface area (Å²) in [5.74, 6) is -2.67. The molecule has 0 heterocycles. The van der Waals surface area contributed by atoms with Crippen molar-refractivity contribution in [3.8, 4) is 5.75 Å². The summed E-state index contributed by atoms with van der Waals surface area (Å²) in [5.41, 5.74) is 1.07. The average molecular weight is 332 g/mol. The number of benzene rings is 2. The van der Waals surface area contributed by atoms with Gasteiger partial charge in [0.1, 0.15) is 6.61 Å². The van der Waals surface area contributed by atoms with Gasteiger partial charge in [-0.05, 0) is 37.6 Å². The van der Waals surface area contributed by atoms with E-state index in [-0.39, 0.29) is 24.4 Å². The van der Waals surface area contributed by atoms with E-state index in [2.05, 4.69) is 0 Å². The van der Waals surface area contributed by atoms with Crippen molar-refractivity contribution in [3.05, 3.63) is 70.8 Å². The van der Waals surface area contributed by atoms with Crippen LogP contribution in [-0.2, 0) is 16.1 Å². The van der Waals surface area contributed by atoms with Gasteiger partial charge in [0, 0.05) is 11.1 Å². The summed E-state index contributed by atoms with van der Waals surface area (Å²) < 4.78 is 38.5. The van der Waals surface area contributed by atoms with Gasteiger partial charge in [-0.3, -0.25) is 0 Å². The van der Waals surface area contributed by atoms with Crippen LogP contribution in [0.1, 0.15) is 25.0 Å². The van der Waals surface area contributed by atoms with E-state index >= 15 is 0 Å². The summed E-state index contributed by atoms with van der Waals surface area (Å²) in [4.78, 5) is 11.6. The molecule has 3 nitrogen and oxygen atoms in total. The normalized spacial score (nSPS) is 11.2. The molecule has 0 aromatic heterocycles. The van der Waals surface area contributed by atoms with Crippen LogP contribution in [0.4, 0.5) is 8.78 Å². The molecule has 0 fully saturated rings. The first-order valence-corrected chi connectivity index (χ1v) is 7.53. The van der Waals surface area contributed by atoms with E-state index in [0.29, 0.717) is 0 Å². The molecule has 126 valence electrons. The predicted molar refractivity (Wildman–Crippen MR) is 87.4 cm³/mol. The molecule has 0 saturated heterocycles. The number of esters is 1. The Morgan fingerprint density at radius 2 is 1.83 bits per heavy atom. The summed E-state index contributed by atoms with van der Waals surface area (Å²) in [5, 5.41) is 0. The molecule has 0 atom stereocenters. The molecular weight excluding hydrogens is 314 g/mol. The van der Waals surface area contributed by atoms with Crippen LogP contribution in [0, 0.1) is 11.6 Å². The van der Waals surface area contributed by atoms with Crippen LogP contribution in [0.25, 0.3) is 6.08 Å². The van der Waals surface area contributed by atoms with Gasteiger partial charge < -0.3 is 9.47 Å². The molecule has 0 unspecified atom stereocenters. The molecule has 0 aliphatic rings. The van der Waals surface area contributed by atoms with Crippen LogP contribution in [0.15, 0.2) is 48.0 Å². The van der Waals surface area contributed by atoms with Crippen LogP contribution in [-0.4, -0.2) is 12.6 Å². The zero-order chi connectivity index (χ0) is 17.5. The lowest BCUT2D eigenvalue weighted by Crippen LogP contribution is -2.05. The van der Waals surface area contributed by atoms with Crippen molar-refractivity contribution in [2.75, 3.05) is 6.61 Å². The fraction of sp³-hybridized carbons (Fsp3) is 0.211. The van der Waals surface area contributed by atoms with E-state index in [4.69, 9.17) is 9.47 Å². The standard InChI is InChI=1S/C19H18F2O3/c1-3-23-19(22)13(2)11-15-9-10-16(20)18(17(15)21)24-12-14-7-5-4-6-8-14/h4-11H,3,12H2,1-2H3/b13-11+. The van der Waals surface area contributed by atoms with Crippen molar-refractivity contribution >= 4 is 12.0 Å². The molecule has 0 amide bonds. The minimum atomic E-state index is -0.852. The molecule has 0 radical (unpaired) electrons. The molecule has 0 bridgehead atoms. The van der Waals surface area contributed by atoms with E-state index in [1.54, 1.807) is 19.1 Å². The second-order valence-electron chi connectivity index (χ2n) is 5.10. The maximum Gasteiger partial charge on any atom is 0.333 e. The fourth-order valence-electron chi connectivity index (χ4n) is 2.06. The van der Waals surface area contributed by atoms with Crippen molar-refractivity contribution in [1.82, 2.24) is 0 Å². The summed E-state index contributed by atoms with van der Waals surface area (Å²) in [7, 11) is 0. The minimum Gasteiger partial charge on any atom is -0.483 e. The molecule has 0 N–H and O–H groups in total. The fourth-order valence-corrected chi connectivity index (χ4v) is 2.06. The Labute approximate surface area is 139 Å². The quantitative estimate of drug-likeness (QED) is 0.577. The van der Waals surface area contributed by atoms with Gasteiger partial charge in [-0.25, -0.2) is 13.6 Å². The van der Waals surface area contributed by atoms with E-state index in [0.717, 1.165) is 11.6 Å². The molecule has 2 aromatic carbocycles. The number of hydrogen-bond acceptors (Lipinski definition) is 3. The van der Waals surface area contributed by atoms with Crippen molar-refractivity contribution in [2.45, 2.75) is 20.5 Å². The van der Waals surface area contributed by atoms with E-state index in [9.17, 15) is 13.6 Å². The van der Waals surface area contributed by atoms with Crippen LogP contribution >= 0.6 is 0 Å². The summed E-state index contributed by atoms with van der Waals surface area (Å²) in [6, 6.07) is 11.4. The summed E-state index contributed by atoms with van der Waals surface area (Å²) in [6.07, 6.45) is 1.31. The summed E-state index contributed by atoms with van der Waals surface area (Å²) in [6.45, 7) is 3.45. The molecular formula is C19H18F2O3. The highest BCUT2D eigenvalue weighted by atomic mass is 19.1. The Morgan fingerprint density at radius 3 is 2.50 bits per heavy atom. The molecule has 0 aliphatic carbocycles. The molecule has 5 heteroatoms. The third-order valence-corrected chi connectivity index (χ3v) is 3.27. The second-order valence-corrected chi connectivity index (χ2v) is 5.10. The Kier molecular flexibility index (Phi) is 6.07. The maximum atomic E-state index is 14.5. The molecule has 0 aliphatic heterocycles. The Bertz CT molecular complexity index is 740. The monoisotopic (exact) mass is 332 g/mol. The first kappa shape index (κ1) is 17.7. The van der Waals surface area contributed by atoms with Crippen molar-refractivity contribution in [3.63, 3.8) is 0 Å². The van der Waals surface area contributed by atoms with Gasteiger partial charge in [0.2, 0.25) is 0 Å². The highest BCUT2D eigenvalue weighted by Crippen LogP contribution is 2.27. The average Bonchev–Trinajstić information content (AvgIpc) is 2.58. The minimum absolute atomic E-state index is 0.0404. The Morgan fingerprint density at radius 1 is 1.12 bits per heavy atom. The largest absolute Gasteiger partial charge is 0.483 e. The Balaban J connectivity index is 2.23. The number of rotatable bonds is 6. The van der Waals surface area contributed by atoms with E-state index in [1.807, 2.05) is 18.2 Å². The topological polar surface area (TPSA) is 35.5 Å². The lowest BCUT2D eigenvalue weighted by atomic mass is 10.1. The number of halogens is 2. The molecule has 0 saturated carbocycles. The molecule has 2 rings (SSSR count). The van der Waals surface area contributed by atoms with Gasteiger partial charge in [0.15, 0.2) is 17.4 Å². The van der Waals surface area contributed by atoms with Gasteiger partial charge in [-0.1, -0.05) is 30.3 Å². The molecule has 0 spiro atoms. The lowest BCUT2D eigenvalue weighted by Gasteiger charge is -2.10. The molecule has 24 heavy (non-hydrogen) atoms. The van der Waals surface area contributed by atoms with Crippen molar-refractivity contribution < 1.29 is 23.0 Å². The predicted octanol–water partition coefficient (Wildman–Crippen LogP) is 4.51. The third-order valence-electron chi connectivity index (χ3n) is 3.27. The van der Waals surface area contributed by atoms with E-state index < -0.39 is 23.4 Å². The molecule has 2 aromatic rings. The highest BCUT2D eigenvalue weighted by Gasteiger charge is 2.15. The van der Waals surface area contributed by atoms with Gasteiger partial charge in [0.25, 0.3) is 0 Å². The van der Waals surface area contributed by atoms with Crippen LogP contribution in [0.3, 0.4) is 0 Å². The van der Waals surface area contributed by atoms with Crippen LogP contribution < -0.4 is 4.74 Å². The van der Waals surface area contributed by atoms with Gasteiger partial charge >= 0.3 is 5.97 Å². The van der Waals surface area contributed by atoms with Crippen LogP contribution in [0.2, 0.25) is 0 Å². The van der Waals surface area contributed by atoms with Gasteiger partial charge in [0.05, 0.1) is 6.61 Å². The first-order valence-electron chi connectivity index (χ1n) is 7.53. The van der Waals surface area contributed by atoms with Crippen molar-refractivity contribution in [1.29, 1.82) is 0 Å². The SMILES string of the molecule is CCOC(=O)/C(C)=C/c1ccc(F)c(OCc2ccccc2)c1F. The highest BCUT2D eigenvalue weighted by molar-refractivity contribution is 5.93. The van der Waals surface area contributed by atoms with Gasteiger partial charge in [-0.2, -0.15) is 0 Å². The number of hydrogen-bond donors (Lipinski definition) is 0. The zero-order valence-electron chi connectivity index (χ0n) is 13.5. The number of ether oxygens (including phenoxy) is 2. The maximum absolute atomic E-state index is 14.5. The first-order chi connectivity index (χ1) is 11.5. The summed E-state index contributed by atoms with van der Waals surface area (Å²) >= 11 is 0. The van der Waals surface area contributed by atoms with E-state index in [1.165, 1.54) is 19.1 Å². The number of carbonyl (C=O) groups is 1.